The minimum absolute atomic E-state index is 0.176. The number of likely N-dealkylation sites (N-methyl/N-ethyl adjacent to an activating group) is 1. The Hall–Kier alpha value is -0.630. The van der Waals surface area contributed by atoms with Crippen molar-refractivity contribution in [3.05, 3.63) is 12.2 Å². The molecule has 0 amide bonds. The molecule has 0 radical (unpaired) electrons. The molecule has 52 valence electrons. The van der Waals surface area contributed by atoms with Gasteiger partial charge in [-0.15, -0.1) is 0 Å². The molecule has 0 spiro atoms. The Morgan fingerprint density at radius 3 is 2.56 bits per heavy atom. The molecular formula is C7H13NO. The largest absolute Gasteiger partial charge is 0.316 e. The summed E-state index contributed by atoms with van der Waals surface area (Å²) in [5.41, 5.74) is 0.949. The van der Waals surface area contributed by atoms with E-state index in [4.69, 9.17) is 0 Å². The summed E-state index contributed by atoms with van der Waals surface area (Å²) < 4.78 is 0. The maximum absolute atomic E-state index is 10.4. The van der Waals surface area contributed by atoms with Gasteiger partial charge in [0.05, 0.1) is 0 Å². The normalized spacial score (nSPS) is 9.11. The van der Waals surface area contributed by atoms with Crippen LogP contribution in [0.25, 0.3) is 0 Å². The van der Waals surface area contributed by atoms with Crippen LogP contribution in [0.3, 0.4) is 0 Å². The molecule has 0 bridgehead atoms. The van der Waals surface area contributed by atoms with Crippen LogP contribution in [0, 0.1) is 0 Å². The zero-order valence-electron chi connectivity index (χ0n) is 6.03. The Morgan fingerprint density at radius 1 is 1.67 bits per heavy atom. The van der Waals surface area contributed by atoms with Crippen LogP contribution in [-0.2, 0) is 4.79 Å². The number of Topliss-reactive ketones (excluding diaryl/α,β-unsaturated/α-hetero) is 1. The summed E-state index contributed by atoms with van der Waals surface area (Å²) in [7, 11) is 1.84. The molecule has 9 heavy (non-hydrogen) atoms. The van der Waals surface area contributed by atoms with Crippen LogP contribution < -0.4 is 5.32 Å². The van der Waals surface area contributed by atoms with Crippen molar-refractivity contribution < 1.29 is 4.79 Å². The van der Waals surface area contributed by atoms with E-state index in [9.17, 15) is 4.79 Å². The van der Waals surface area contributed by atoms with Crippen molar-refractivity contribution >= 4 is 5.78 Å². The van der Waals surface area contributed by atoms with Crippen LogP contribution in [0.15, 0.2) is 12.2 Å². The number of hydrogen-bond acceptors (Lipinski definition) is 2. The predicted molar refractivity (Wildman–Crippen MR) is 38.4 cm³/mol. The maximum atomic E-state index is 10.4. The van der Waals surface area contributed by atoms with Crippen molar-refractivity contribution in [2.75, 3.05) is 13.6 Å². The molecule has 2 nitrogen and oxygen atoms in total. The van der Waals surface area contributed by atoms with Gasteiger partial charge in [0.1, 0.15) is 5.78 Å². The van der Waals surface area contributed by atoms with E-state index in [1.807, 2.05) is 7.05 Å². The number of nitrogens with one attached hydrogen (secondary N) is 1. The average Bonchev–Trinajstić information content (AvgIpc) is 1.63. The van der Waals surface area contributed by atoms with Gasteiger partial charge in [-0.1, -0.05) is 12.2 Å². The zero-order chi connectivity index (χ0) is 7.28. The Morgan fingerprint density at radius 2 is 2.22 bits per heavy atom. The minimum atomic E-state index is 0.176. The Balaban J connectivity index is 3.39. The lowest BCUT2D eigenvalue weighted by Gasteiger charge is -1.99. The van der Waals surface area contributed by atoms with Gasteiger partial charge in [-0.2, -0.15) is 0 Å². The van der Waals surface area contributed by atoms with Gasteiger partial charge in [0.25, 0.3) is 0 Å². The summed E-state index contributed by atoms with van der Waals surface area (Å²) >= 11 is 0. The van der Waals surface area contributed by atoms with Gasteiger partial charge >= 0.3 is 0 Å². The van der Waals surface area contributed by atoms with Crippen LogP contribution in [0.1, 0.15) is 13.3 Å². The van der Waals surface area contributed by atoms with Crippen LogP contribution in [0.4, 0.5) is 0 Å². The molecule has 0 unspecified atom stereocenters. The molecule has 2 heteroatoms. The van der Waals surface area contributed by atoms with Gasteiger partial charge in [-0.25, -0.2) is 0 Å². The van der Waals surface area contributed by atoms with Crippen molar-refractivity contribution in [2.45, 2.75) is 13.3 Å². The average molecular weight is 127 g/mol. The van der Waals surface area contributed by atoms with Crippen LogP contribution >= 0.6 is 0 Å². The molecule has 0 fully saturated rings. The molecule has 0 aliphatic rings. The van der Waals surface area contributed by atoms with E-state index in [2.05, 4.69) is 11.9 Å². The lowest BCUT2D eigenvalue weighted by atomic mass is 10.2. The van der Waals surface area contributed by atoms with Gasteiger partial charge in [-0.05, 0) is 14.0 Å². The summed E-state index contributed by atoms with van der Waals surface area (Å²) in [5, 5.41) is 2.92. The second-order valence-electron chi connectivity index (χ2n) is 2.16. The number of ketones is 1. The van der Waals surface area contributed by atoms with Gasteiger partial charge in [0, 0.05) is 13.0 Å². The molecule has 0 atom stereocenters. The zero-order valence-corrected chi connectivity index (χ0v) is 6.03. The summed E-state index contributed by atoms with van der Waals surface area (Å²) in [6.45, 7) is 6.01. The second-order valence-corrected chi connectivity index (χ2v) is 2.16. The molecule has 0 aliphatic carbocycles. The first-order chi connectivity index (χ1) is 4.16. The summed E-state index contributed by atoms with van der Waals surface area (Å²) in [4.78, 5) is 10.4. The number of rotatable bonds is 4. The second kappa shape index (κ2) is 4.27. The molecule has 0 saturated heterocycles. The molecule has 0 heterocycles. The van der Waals surface area contributed by atoms with E-state index in [0.29, 0.717) is 6.42 Å². The van der Waals surface area contributed by atoms with E-state index in [1.165, 1.54) is 0 Å². The molecule has 0 aromatic heterocycles. The highest BCUT2D eigenvalue weighted by Crippen LogP contribution is 1.94. The molecule has 1 N–H and O–H groups in total. The van der Waals surface area contributed by atoms with E-state index >= 15 is 0 Å². The first kappa shape index (κ1) is 8.37. The Kier molecular flexibility index (Phi) is 3.97. The molecule has 0 aromatic rings. The highest BCUT2D eigenvalue weighted by Gasteiger charge is 1.95. The van der Waals surface area contributed by atoms with Gasteiger partial charge < -0.3 is 5.32 Å². The van der Waals surface area contributed by atoms with Crippen molar-refractivity contribution in [1.29, 1.82) is 0 Å². The first-order valence-electron chi connectivity index (χ1n) is 2.97. The lowest BCUT2D eigenvalue weighted by Crippen LogP contribution is -2.11. The fraction of sp³-hybridized carbons (Fsp3) is 0.571. The standard InChI is InChI=1S/C7H13NO/c1-6(5-8-3)4-7(2)9/h8H,1,4-5H2,2-3H3. The van der Waals surface area contributed by atoms with Gasteiger partial charge in [0.2, 0.25) is 0 Å². The van der Waals surface area contributed by atoms with Crippen LogP contribution in [-0.4, -0.2) is 19.4 Å². The van der Waals surface area contributed by atoms with Crippen LogP contribution in [0.2, 0.25) is 0 Å². The maximum Gasteiger partial charge on any atom is 0.133 e. The van der Waals surface area contributed by atoms with Crippen molar-refractivity contribution in [3.8, 4) is 0 Å². The van der Waals surface area contributed by atoms with Crippen LogP contribution in [0.5, 0.6) is 0 Å². The third kappa shape index (κ3) is 5.24. The van der Waals surface area contributed by atoms with E-state index in [0.717, 1.165) is 12.1 Å². The number of hydrogen-bond donors (Lipinski definition) is 1. The molecule has 0 saturated carbocycles. The van der Waals surface area contributed by atoms with E-state index < -0.39 is 0 Å². The summed E-state index contributed by atoms with van der Waals surface area (Å²) in [5.74, 6) is 0.176. The fourth-order valence-electron chi connectivity index (χ4n) is 0.665. The molecule has 0 rings (SSSR count). The third-order valence-corrected chi connectivity index (χ3v) is 0.926. The van der Waals surface area contributed by atoms with Crippen molar-refractivity contribution in [3.63, 3.8) is 0 Å². The molecule has 0 aliphatic heterocycles. The predicted octanol–water partition coefficient (Wildman–Crippen LogP) is 0.741. The molecule has 0 aromatic carbocycles. The van der Waals surface area contributed by atoms with Crippen molar-refractivity contribution in [1.82, 2.24) is 5.32 Å². The highest BCUT2D eigenvalue weighted by molar-refractivity contribution is 5.77. The topological polar surface area (TPSA) is 29.1 Å². The Labute approximate surface area is 56.0 Å². The third-order valence-electron chi connectivity index (χ3n) is 0.926. The molecular weight excluding hydrogens is 114 g/mol. The monoisotopic (exact) mass is 127 g/mol. The smallest absolute Gasteiger partial charge is 0.133 e. The van der Waals surface area contributed by atoms with Gasteiger partial charge in [0.15, 0.2) is 0 Å². The number of carbonyl (C=O) groups excluding carboxylic acids is 1. The summed E-state index contributed by atoms with van der Waals surface area (Å²) in [6.07, 6.45) is 0.501. The van der Waals surface area contributed by atoms with Gasteiger partial charge in [-0.3, -0.25) is 4.79 Å². The lowest BCUT2D eigenvalue weighted by molar-refractivity contribution is -0.116. The minimum Gasteiger partial charge on any atom is -0.316 e. The Bertz CT molecular complexity index is 118. The number of carbonyl (C=O) groups is 1. The first-order valence-corrected chi connectivity index (χ1v) is 2.97. The summed E-state index contributed by atoms with van der Waals surface area (Å²) in [6, 6.07) is 0. The SMILES string of the molecule is C=C(CNC)CC(C)=O. The fourth-order valence-corrected chi connectivity index (χ4v) is 0.665. The van der Waals surface area contributed by atoms with E-state index in [-0.39, 0.29) is 5.78 Å². The highest BCUT2D eigenvalue weighted by atomic mass is 16.1. The quantitative estimate of drug-likeness (QED) is 0.564. The van der Waals surface area contributed by atoms with E-state index in [1.54, 1.807) is 6.92 Å². The van der Waals surface area contributed by atoms with Crippen molar-refractivity contribution in [2.24, 2.45) is 0 Å².